The molecule has 4 atom stereocenters. The molecule has 0 radical (unpaired) electrons. The average molecular weight is 345 g/mol. The molecule has 1 amide bonds. The molecule has 0 bridgehead atoms. The van der Waals surface area contributed by atoms with Crippen LogP contribution in [0.5, 0.6) is 0 Å². The lowest BCUT2D eigenvalue weighted by Gasteiger charge is -2.17. The van der Waals surface area contributed by atoms with Gasteiger partial charge in [-0.3, -0.25) is 9.88 Å². The van der Waals surface area contributed by atoms with Crippen molar-refractivity contribution in [3.63, 3.8) is 0 Å². The first-order valence-electron chi connectivity index (χ1n) is 7.44. The van der Waals surface area contributed by atoms with E-state index in [1.165, 1.54) is 6.92 Å². The van der Waals surface area contributed by atoms with E-state index in [0.717, 1.165) is 10.8 Å². The summed E-state index contributed by atoms with van der Waals surface area (Å²) >= 11 is 0. The van der Waals surface area contributed by atoms with E-state index >= 15 is 0 Å². The molecule has 10 heteroatoms. The van der Waals surface area contributed by atoms with Crippen molar-refractivity contribution < 1.29 is 28.9 Å². The van der Waals surface area contributed by atoms with Crippen LogP contribution in [0, 0.1) is 11.7 Å². The molecular formula is C14H20FN3O6. The van der Waals surface area contributed by atoms with Crippen LogP contribution in [-0.4, -0.2) is 50.8 Å². The maximum atomic E-state index is 14.1. The minimum Gasteiger partial charge on any atom is -0.449 e. The standard InChI is InChI=1S/C14H20FN3O6/c1-6(2)5-23-14(22)17-11-8(15)4-18(13(21)16-11)12-10(20)9(19)7(3)24-12/h4,6-7,9-10,12,19-20H,5H2,1-3H3,(H,16,17,21,22)/t7-,9-,10-,12-/m1/s1. The van der Waals surface area contributed by atoms with Crippen molar-refractivity contribution in [3.8, 4) is 0 Å². The molecule has 0 aromatic carbocycles. The van der Waals surface area contributed by atoms with Crippen LogP contribution in [0.2, 0.25) is 0 Å². The van der Waals surface area contributed by atoms with Crippen molar-refractivity contribution in [2.24, 2.45) is 5.92 Å². The maximum absolute atomic E-state index is 14.1. The van der Waals surface area contributed by atoms with Gasteiger partial charge in [0.25, 0.3) is 0 Å². The quantitative estimate of drug-likeness (QED) is 0.713. The molecule has 2 heterocycles. The van der Waals surface area contributed by atoms with Gasteiger partial charge in [0, 0.05) is 0 Å². The topological polar surface area (TPSA) is 123 Å². The smallest absolute Gasteiger partial charge is 0.412 e. The number of aromatic nitrogens is 2. The molecule has 1 aliphatic rings. The Kier molecular flexibility index (Phi) is 5.52. The number of hydrogen-bond acceptors (Lipinski definition) is 7. The molecule has 0 unspecified atom stereocenters. The van der Waals surface area contributed by atoms with Crippen LogP contribution in [0.15, 0.2) is 11.0 Å². The van der Waals surface area contributed by atoms with Crippen LogP contribution in [0.3, 0.4) is 0 Å². The van der Waals surface area contributed by atoms with Gasteiger partial charge in [-0.25, -0.2) is 14.0 Å². The number of amides is 1. The van der Waals surface area contributed by atoms with E-state index in [-0.39, 0.29) is 12.5 Å². The summed E-state index contributed by atoms with van der Waals surface area (Å²) in [6.45, 7) is 5.29. The Morgan fingerprint density at radius 1 is 1.50 bits per heavy atom. The fourth-order valence-corrected chi connectivity index (χ4v) is 2.15. The average Bonchev–Trinajstić information content (AvgIpc) is 2.76. The summed E-state index contributed by atoms with van der Waals surface area (Å²) in [6.07, 6.45) is -4.82. The van der Waals surface area contributed by atoms with Crippen molar-refractivity contribution >= 4 is 11.9 Å². The van der Waals surface area contributed by atoms with Gasteiger partial charge in [0.05, 0.1) is 18.9 Å². The van der Waals surface area contributed by atoms with Gasteiger partial charge in [-0.15, -0.1) is 0 Å². The van der Waals surface area contributed by atoms with E-state index in [9.17, 15) is 24.2 Å². The zero-order valence-corrected chi connectivity index (χ0v) is 13.5. The van der Waals surface area contributed by atoms with E-state index in [1.54, 1.807) is 0 Å². The fraction of sp³-hybridized carbons (Fsp3) is 0.643. The molecule has 0 spiro atoms. The lowest BCUT2D eigenvalue weighted by Crippen LogP contribution is -2.36. The first-order chi connectivity index (χ1) is 11.2. The highest BCUT2D eigenvalue weighted by atomic mass is 19.1. The highest BCUT2D eigenvalue weighted by Gasteiger charge is 2.42. The molecule has 0 aliphatic carbocycles. The third-order valence-electron chi connectivity index (χ3n) is 3.43. The summed E-state index contributed by atoms with van der Waals surface area (Å²) in [5.41, 5.74) is -0.957. The largest absolute Gasteiger partial charge is 0.449 e. The molecule has 9 nitrogen and oxygen atoms in total. The monoisotopic (exact) mass is 345 g/mol. The van der Waals surface area contributed by atoms with Crippen LogP contribution in [0.1, 0.15) is 27.0 Å². The second-order valence-corrected chi connectivity index (χ2v) is 5.96. The summed E-state index contributed by atoms with van der Waals surface area (Å²) in [4.78, 5) is 26.9. The lowest BCUT2D eigenvalue weighted by molar-refractivity contribution is -0.0355. The van der Waals surface area contributed by atoms with Crippen LogP contribution in [0.4, 0.5) is 15.0 Å². The van der Waals surface area contributed by atoms with Crippen LogP contribution in [-0.2, 0) is 9.47 Å². The van der Waals surface area contributed by atoms with Gasteiger partial charge >= 0.3 is 11.8 Å². The first kappa shape index (κ1) is 18.3. The van der Waals surface area contributed by atoms with E-state index in [1.807, 2.05) is 19.2 Å². The normalized spacial score (nSPS) is 26.6. The molecule has 1 fully saturated rings. The minimum absolute atomic E-state index is 0.0935. The lowest BCUT2D eigenvalue weighted by atomic mass is 10.1. The van der Waals surface area contributed by atoms with Gasteiger partial charge in [0.1, 0.15) is 12.2 Å². The Morgan fingerprint density at radius 3 is 2.71 bits per heavy atom. The van der Waals surface area contributed by atoms with Crippen molar-refractivity contribution in [3.05, 3.63) is 22.5 Å². The number of nitrogens with one attached hydrogen (secondary N) is 1. The second kappa shape index (κ2) is 7.24. The highest BCUT2D eigenvalue weighted by Crippen LogP contribution is 2.28. The van der Waals surface area contributed by atoms with Gasteiger partial charge in [-0.05, 0) is 12.8 Å². The van der Waals surface area contributed by atoms with E-state index in [4.69, 9.17) is 9.47 Å². The molecule has 3 N–H and O–H groups in total. The fourth-order valence-electron chi connectivity index (χ4n) is 2.15. The number of hydrogen-bond donors (Lipinski definition) is 3. The zero-order chi connectivity index (χ0) is 18.0. The van der Waals surface area contributed by atoms with E-state index in [2.05, 4.69) is 4.98 Å². The first-order valence-corrected chi connectivity index (χ1v) is 7.44. The van der Waals surface area contributed by atoms with Gasteiger partial charge < -0.3 is 19.7 Å². The number of aliphatic hydroxyl groups excluding tert-OH is 2. The number of anilines is 1. The van der Waals surface area contributed by atoms with Gasteiger partial charge in [0.15, 0.2) is 17.9 Å². The molecule has 0 saturated carbocycles. The van der Waals surface area contributed by atoms with E-state index in [0.29, 0.717) is 0 Å². The number of carbonyl (C=O) groups is 1. The Morgan fingerprint density at radius 2 is 2.17 bits per heavy atom. The zero-order valence-electron chi connectivity index (χ0n) is 13.5. The number of nitrogens with zero attached hydrogens (tertiary/aromatic N) is 2. The molecule has 24 heavy (non-hydrogen) atoms. The molecule has 1 aromatic rings. The maximum Gasteiger partial charge on any atom is 0.412 e. The van der Waals surface area contributed by atoms with Crippen LogP contribution >= 0.6 is 0 Å². The predicted molar refractivity (Wildman–Crippen MR) is 79.9 cm³/mol. The third kappa shape index (κ3) is 3.89. The van der Waals surface area contributed by atoms with Gasteiger partial charge in [0.2, 0.25) is 0 Å². The number of aliphatic hydroxyl groups is 2. The highest BCUT2D eigenvalue weighted by molar-refractivity contribution is 5.83. The van der Waals surface area contributed by atoms with Crippen molar-refractivity contribution in [1.82, 2.24) is 9.55 Å². The Balaban J connectivity index is 2.17. The van der Waals surface area contributed by atoms with Crippen molar-refractivity contribution in [2.45, 2.75) is 45.3 Å². The Hall–Kier alpha value is -2.04. The SMILES string of the molecule is CC(C)COC(=O)Nc1nc(=O)n([C@@H]2O[C@H](C)[C@@H](O)[C@H]2O)cc1F. The summed E-state index contributed by atoms with van der Waals surface area (Å²) in [5.74, 6) is -1.51. The number of rotatable bonds is 4. The molecular weight excluding hydrogens is 325 g/mol. The summed E-state index contributed by atoms with van der Waals surface area (Å²) < 4.78 is 24.8. The second-order valence-electron chi connectivity index (χ2n) is 5.96. The van der Waals surface area contributed by atoms with E-state index < -0.39 is 48.0 Å². The third-order valence-corrected chi connectivity index (χ3v) is 3.43. The minimum atomic E-state index is -1.41. The number of ether oxygens (including phenoxy) is 2. The van der Waals surface area contributed by atoms with Gasteiger partial charge in [-0.2, -0.15) is 4.98 Å². The van der Waals surface area contributed by atoms with Crippen molar-refractivity contribution in [1.29, 1.82) is 0 Å². The number of carbonyl (C=O) groups excluding carboxylic acids is 1. The molecule has 2 rings (SSSR count). The van der Waals surface area contributed by atoms with Gasteiger partial charge in [-0.1, -0.05) is 13.8 Å². The summed E-state index contributed by atoms with van der Waals surface area (Å²) in [6, 6.07) is 0. The van der Waals surface area contributed by atoms with Crippen LogP contribution in [0.25, 0.3) is 0 Å². The van der Waals surface area contributed by atoms with Crippen molar-refractivity contribution in [2.75, 3.05) is 11.9 Å². The molecule has 134 valence electrons. The molecule has 1 aromatic heterocycles. The molecule has 1 aliphatic heterocycles. The Bertz CT molecular complexity index is 664. The predicted octanol–water partition coefficient (Wildman–Crippen LogP) is 0.226. The summed E-state index contributed by atoms with van der Waals surface area (Å²) in [5, 5.41) is 21.6. The summed E-state index contributed by atoms with van der Waals surface area (Å²) in [7, 11) is 0. The van der Waals surface area contributed by atoms with Crippen LogP contribution < -0.4 is 11.0 Å². The number of halogens is 1. The molecule has 1 saturated heterocycles. The Labute approximate surface area is 137 Å².